The summed E-state index contributed by atoms with van der Waals surface area (Å²) in [5.41, 5.74) is 5.96. The number of allylic oxidation sites excluding steroid dienone is 4. The van der Waals surface area contributed by atoms with Gasteiger partial charge in [0.05, 0.1) is 23.8 Å². The molecule has 0 atom stereocenters. The molecule has 3 nitrogen and oxygen atoms in total. The molecule has 0 spiro atoms. The lowest BCUT2D eigenvalue weighted by atomic mass is 9.82. The molecule has 0 amide bonds. The summed E-state index contributed by atoms with van der Waals surface area (Å²) in [7, 11) is 0. The van der Waals surface area contributed by atoms with Crippen LogP contribution in [0, 0.1) is 0 Å². The molecule has 2 aliphatic carbocycles. The lowest BCUT2D eigenvalue weighted by Gasteiger charge is -2.19. The van der Waals surface area contributed by atoms with E-state index in [1.54, 1.807) is 6.92 Å². The van der Waals surface area contributed by atoms with Crippen molar-refractivity contribution in [2.75, 3.05) is 6.61 Å². The lowest BCUT2D eigenvalue weighted by molar-refractivity contribution is 0.0486. The van der Waals surface area contributed by atoms with Crippen LogP contribution in [0.3, 0.4) is 0 Å². The van der Waals surface area contributed by atoms with Gasteiger partial charge in [0.25, 0.3) is 0 Å². The zero-order chi connectivity index (χ0) is 17.2. The van der Waals surface area contributed by atoms with Gasteiger partial charge >= 0.3 is 17.5 Å². The number of carbonyl (C=O) groups excluding carboxylic acids is 1. The summed E-state index contributed by atoms with van der Waals surface area (Å²) in [5, 5.41) is 0. The number of ether oxygens (including phenoxy) is 1. The molecule has 4 rings (SSSR count). The van der Waals surface area contributed by atoms with Crippen molar-refractivity contribution in [3.05, 3.63) is 71.2 Å². The minimum absolute atomic E-state index is 0.280. The quantitative estimate of drug-likeness (QED) is 0.553. The van der Waals surface area contributed by atoms with Crippen molar-refractivity contribution < 1.29 is 13.9 Å². The molecule has 1 aromatic carbocycles. The van der Waals surface area contributed by atoms with E-state index in [9.17, 15) is 4.79 Å². The number of carbonyl (C=O) groups is 1. The summed E-state index contributed by atoms with van der Waals surface area (Å²) >= 11 is 0. The summed E-state index contributed by atoms with van der Waals surface area (Å²) < 4.78 is 11.3. The van der Waals surface area contributed by atoms with Gasteiger partial charge in [-0.3, -0.25) is 0 Å². The van der Waals surface area contributed by atoms with E-state index >= 15 is 0 Å². The molecule has 0 unspecified atom stereocenters. The molecule has 1 aromatic heterocycles. The first kappa shape index (κ1) is 15.8. The summed E-state index contributed by atoms with van der Waals surface area (Å²) in [5.74, 6) is 0.749. The van der Waals surface area contributed by atoms with Gasteiger partial charge in [0, 0.05) is 5.56 Å². The van der Waals surface area contributed by atoms with Crippen LogP contribution in [0.25, 0.3) is 16.7 Å². The molecule has 0 aliphatic heterocycles. The zero-order valence-electron chi connectivity index (χ0n) is 14.4. The van der Waals surface area contributed by atoms with Gasteiger partial charge in [-0.05, 0) is 43.7 Å². The smallest absolute Gasteiger partial charge is 0.438 e. The van der Waals surface area contributed by atoms with Gasteiger partial charge in [-0.2, -0.15) is 4.42 Å². The highest BCUT2D eigenvalue weighted by Crippen LogP contribution is 2.42. The van der Waals surface area contributed by atoms with E-state index in [1.165, 1.54) is 16.7 Å². The Morgan fingerprint density at radius 2 is 2.00 bits per heavy atom. The lowest BCUT2D eigenvalue weighted by Crippen LogP contribution is -2.12. The van der Waals surface area contributed by atoms with Gasteiger partial charge in [0.1, 0.15) is 0 Å². The average molecular weight is 333 g/mol. The van der Waals surface area contributed by atoms with E-state index in [4.69, 9.17) is 9.15 Å². The number of hydrogen-bond donors (Lipinski definition) is 0. The number of hydrogen-bond acceptors (Lipinski definition) is 2. The number of rotatable bonds is 3. The Morgan fingerprint density at radius 1 is 1.16 bits per heavy atom. The van der Waals surface area contributed by atoms with Crippen LogP contribution in [0.1, 0.15) is 48.1 Å². The van der Waals surface area contributed by atoms with Gasteiger partial charge in [0.2, 0.25) is 0 Å². The van der Waals surface area contributed by atoms with E-state index in [1.807, 2.05) is 24.3 Å². The fourth-order valence-corrected chi connectivity index (χ4v) is 3.68. The highest BCUT2D eigenvalue weighted by Gasteiger charge is 2.35. The van der Waals surface area contributed by atoms with Crippen LogP contribution in [0.2, 0.25) is 0 Å². The van der Waals surface area contributed by atoms with Crippen LogP contribution in [-0.4, -0.2) is 12.6 Å². The van der Waals surface area contributed by atoms with Gasteiger partial charge in [-0.15, -0.1) is 0 Å². The first-order valence-corrected chi connectivity index (χ1v) is 8.89. The number of esters is 1. The van der Waals surface area contributed by atoms with Crippen molar-refractivity contribution >= 4 is 11.5 Å². The van der Waals surface area contributed by atoms with Crippen molar-refractivity contribution in [3.63, 3.8) is 0 Å². The second kappa shape index (κ2) is 6.67. The van der Waals surface area contributed by atoms with E-state index in [-0.39, 0.29) is 5.76 Å². The van der Waals surface area contributed by atoms with E-state index in [0.717, 1.165) is 42.6 Å². The minimum Gasteiger partial charge on any atom is -0.456 e. The van der Waals surface area contributed by atoms with Crippen LogP contribution in [-0.2, 0) is 11.2 Å². The predicted molar refractivity (Wildman–Crippen MR) is 98.1 cm³/mol. The molecule has 0 saturated carbocycles. The molecule has 126 valence electrons. The van der Waals surface area contributed by atoms with Crippen LogP contribution in [0.15, 0.2) is 58.5 Å². The SMILES string of the molecule is CCOC(=O)c1cc(-c2ccccc2)c2c([o+]1)C1=C(C=CCC1)CC2. The van der Waals surface area contributed by atoms with Crippen LogP contribution < -0.4 is 0 Å². The van der Waals surface area contributed by atoms with Crippen molar-refractivity contribution in [2.24, 2.45) is 0 Å². The average Bonchev–Trinajstić information content (AvgIpc) is 2.68. The zero-order valence-corrected chi connectivity index (χ0v) is 14.4. The highest BCUT2D eigenvalue weighted by atomic mass is 16.5. The first-order chi connectivity index (χ1) is 12.3. The molecule has 3 heteroatoms. The van der Waals surface area contributed by atoms with Crippen LogP contribution in [0.4, 0.5) is 0 Å². The van der Waals surface area contributed by atoms with Crippen molar-refractivity contribution in [1.29, 1.82) is 0 Å². The normalized spacial score (nSPS) is 15.6. The molecule has 0 fully saturated rings. The second-order valence-corrected chi connectivity index (χ2v) is 6.36. The standard InChI is InChI=1S/C22H21O3/c1-2-24-22(23)20-14-19(15-8-4-3-5-9-15)18-13-12-16-10-6-7-11-17(16)21(18)25-20/h3-6,8-10,14H,2,7,11-13H2,1H3/q+1. The molecule has 2 aromatic rings. The molecular weight excluding hydrogens is 312 g/mol. The third-order valence-electron chi connectivity index (χ3n) is 4.83. The van der Waals surface area contributed by atoms with Gasteiger partial charge in [-0.25, -0.2) is 4.79 Å². The monoisotopic (exact) mass is 333 g/mol. The molecule has 0 bridgehead atoms. The van der Waals surface area contributed by atoms with Crippen LogP contribution >= 0.6 is 0 Å². The Bertz CT molecular complexity index is 876. The molecule has 1 heterocycles. The van der Waals surface area contributed by atoms with Gasteiger partial charge in [0.15, 0.2) is 0 Å². The van der Waals surface area contributed by atoms with Crippen molar-refractivity contribution in [2.45, 2.75) is 32.6 Å². The summed E-state index contributed by atoms with van der Waals surface area (Å²) in [6.07, 6.45) is 8.34. The van der Waals surface area contributed by atoms with Crippen molar-refractivity contribution in [3.8, 4) is 11.1 Å². The molecule has 2 aliphatic rings. The maximum absolute atomic E-state index is 12.3. The maximum atomic E-state index is 12.3. The Balaban J connectivity index is 1.93. The maximum Gasteiger partial charge on any atom is 0.438 e. The first-order valence-electron chi connectivity index (χ1n) is 8.89. The summed E-state index contributed by atoms with van der Waals surface area (Å²) in [6, 6.07) is 12.0. The molecule has 0 N–H and O–H groups in total. The summed E-state index contributed by atoms with van der Waals surface area (Å²) in [6.45, 7) is 2.14. The second-order valence-electron chi connectivity index (χ2n) is 6.36. The van der Waals surface area contributed by atoms with E-state index in [2.05, 4.69) is 24.3 Å². The number of benzene rings is 1. The molecule has 0 saturated heterocycles. The third-order valence-corrected chi connectivity index (χ3v) is 4.83. The largest absolute Gasteiger partial charge is 0.456 e. The Labute approximate surface area is 147 Å². The van der Waals surface area contributed by atoms with Gasteiger partial charge in [-0.1, -0.05) is 42.5 Å². The van der Waals surface area contributed by atoms with E-state index < -0.39 is 5.97 Å². The minimum atomic E-state index is -0.401. The van der Waals surface area contributed by atoms with Gasteiger partial charge < -0.3 is 4.74 Å². The molecular formula is C22H21O3+. The Hall–Kier alpha value is -2.68. The topological polar surface area (TPSA) is 37.6 Å². The third kappa shape index (κ3) is 2.91. The predicted octanol–water partition coefficient (Wildman–Crippen LogP) is 5.45. The Kier molecular flexibility index (Phi) is 4.22. The Morgan fingerprint density at radius 3 is 2.80 bits per heavy atom. The number of fused-ring (bicyclic) bond motifs is 2. The fourth-order valence-electron chi connectivity index (χ4n) is 3.68. The van der Waals surface area contributed by atoms with E-state index in [0.29, 0.717) is 6.61 Å². The highest BCUT2D eigenvalue weighted by molar-refractivity contribution is 5.90. The fraction of sp³-hybridized carbons (Fsp3) is 0.273. The molecule has 25 heavy (non-hydrogen) atoms. The molecule has 0 radical (unpaired) electrons. The van der Waals surface area contributed by atoms with Crippen molar-refractivity contribution in [1.82, 2.24) is 0 Å². The summed E-state index contributed by atoms with van der Waals surface area (Å²) in [4.78, 5) is 12.3. The van der Waals surface area contributed by atoms with Crippen LogP contribution in [0.5, 0.6) is 0 Å².